The Morgan fingerprint density at radius 3 is 2.68 bits per heavy atom. The molecule has 2 aliphatic heterocycles. The Hall–Kier alpha value is -3.18. The zero-order valence-electron chi connectivity index (χ0n) is 17.3. The summed E-state index contributed by atoms with van der Waals surface area (Å²) in [5, 5.41) is 1.29. The number of nitrogen functional groups attached to an aromatic ring is 1. The average molecular weight is 425 g/mol. The second-order valence-electron chi connectivity index (χ2n) is 8.37. The molecule has 2 aromatic heterocycles. The highest BCUT2D eigenvalue weighted by atomic mass is 32.1. The van der Waals surface area contributed by atoms with Crippen molar-refractivity contribution in [3.8, 4) is 21.7 Å². The Labute approximate surface area is 186 Å². The third-order valence-corrected chi connectivity index (χ3v) is 7.46. The van der Waals surface area contributed by atoms with Gasteiger partial charge in [-0.3, -0.25) is 4.99 Å². The molecule has 0 bridgehead atoms. The molecule has 1 saturated heterocycles. The summed E-state index contributed by atoms with van der Waals surface area (Å²) in [6.45, 7) is 2.81. The van der Waals surface area contributed by atoms with Gasteiger partial charge < -0.3 is 10.6 Å². The van der Waals surface area contributed by atoms with Crippen molar-refractivity contribution in [3.63, 3.8) is 0 Å². The monoisotopic (exact) mass is 424 g/mol. The van der Waals surface area contributed by atoms with Crippen molar-refractivity contribution in [2.75, 3.05) is 23.7 Å². The highest BCUT2D eigenvalue weighted by molar-refractivity contribution is 7.22. The lowest BCUT2D eigenvalue weighted by molar-refractivity contribution is 0.574. The Bertz CT molecular complexity index is 1280. The van der Waals surface area contributed by atoms with E-state index in [-0.39, 0.29) is 0 Å². The maximum Gasteiger partial charge on any atom is 0.152 e. The van der Waals surface area contributed by atoms with Gasteiger partial charge in [0, 0.05) is 34.4 Å². The third kappa shape index (κ3) is 3.29. The van der Waals surface area contributed by atoms with Crippen LogP contribution in [-0.4, -0.2) is 24.3 Å². The van der Waals surface area contributed by atoms with Crippen molar-refractivity contribution in [1.29, 1.82) is 0 Å². The molecule has 0 atom stereocenters. The minimum atomic E-state index is 0.743. The number of anilines is 2. The number of piperidine rings is 1. The zero-order chi connectivity index (χ0) is 20.8. The van der Waals surface area contributed by atoms with Gasteiger partial charge in [0.15, 0.2) is 5.82 Å². The lowest BCUT2D eigenvalue weighted by Crippen LogP contribution is -2.30. The van der Waals surface area contributed by atoms with E-state index in [1.165, 1.54) is 50.9 Å². The van der Waals surface area contributed by atoms with Gasteiger partial charge in [0.2, 0.25) is 0 Å². The average Bonchev–Trinajstić information content (AvgIpc) is 3.46. The van der Waals surface area contributed by atoms with Crippen molar-refractivity contribution in [3.05, 3.63) is 65.7 Å². The lowest BCUT2D eigenvalue weighted by atomic mass is 9.96. The molecular formula is C26H24N4S. The number of nitrogens with two attached hydrogens (primary N) is 1. The van der Waals surface area contributed by atoms with Gasteiger partial charge in [-0.05, 0) is 77.7 Å². The molecule has 1 fully saturated rings. The van der Waals surface area contributed by atoms with Crippen molar-refractivity contribution >= 4 is 39.1 Å². The molecule has 2 aromatic carbocycles. The van der Waals surface area contributed by atoms with Crippen LogP contribution in [0.5, 0.6) is 0 Å². The quantitative estimate of drug-likeness (QED) is 0.430. The van der Waals surface area contributed by atoms with E-state index in [4.69, 9.17) is 10.7 Å². The van der Waals surface area contributed by atoms with Crippen molar-refractivity contribution in [2.24, 2.45) is 4.99 Å². The lowest BCUT2D eigenvalue weighted by Gasteiger charge is -2.29. The minimum absolute atomic E-state index is 0.743. The van der Waals surface area contributed by atoms with Crippen LogP contribution in [-0.2, 0) is 6.54 Å². The van der Waals surface area contributed by atoms with Crippen LogP contribution >= 0.6 is 11.3 Å². The van der Waals surface area contributed by atoms with E-state index in [2.05, 4.69) is 52.4 Å². The Kier molecular flexibility index (Phi) is 4.50. The minimum Gasteiger partial charge on any atom is -0.396 e. The molecule has 0 amide bonds. The number of nitrogens with zero attached hydrogens (tertiary/aromatic N) is 3. The molecule has 4 heterocycles. The van der Waals surface area contributed by atoms with Crippen LogP contribution < -0.4 is 10.6 Å². The fourth-order valence-electron chi connectivity index (χ4n) is 4.68. The molecule has 0 radical (unpaired) electrons. The van der Waals surface area contributed by atoms with Crippen LogP contribution in [0.3, 0.4) is 0 Å². The fourth-order valence-corrected chi connectivity index (χ4v) is 5.79. The molecular weight excluding hydrogens is 400 g/mol. The summed E-state index contributed by atoms with van der Waals surface area (Å²) in [5.41, 5.74) is 13.0. The summed E-state index contributed by atoms with van der Waals surface area (Å²) >= 11 is 1.84. The smallest absolute Gasteiger partial charge is 0.152 e. The van der Waals surface area contributed by atoms with E-state index < -0.39 is 0 Å². The van der Waals surface area contributed by atoms with E-state index in [1.54, 1.807) is 0 Å². The van der Waals surface area contributed by atoms with Gasteiger partial charge in [0.1, 0.15) is 0 Å². The molecule has 2 aliphatic rings. The van der Waals surface area contributed by atoms with Gasteiger partial charge in [0.25, 0.3) is 0 Å². The van der Waals surface area contributed by atoms with E-state index in [1.807, 2.05) is 29.7 Å². The molecule has 31 heavy (non-hydrogen) atoms. The van der Waals surface area contributed by atoms with Gasteiger partial charge in [-0.2, -0.15) is 0 Å². The van der Waals surface area contributed by atoms with Gasteiger partial charge in [-0.25, -0.2) is 4.98 Å². The van der Waals surface area contributed by atoms with E-state index >= 15 is 0 Å². The van der Waals surface area contributed by atoms with Crippen molar-refractivity contribution in [2.45, 2.75) is 25.8 Å². The number of rotatable bonds is 3. The zero-order valence-corrected chi connectivity index (χ0v) is 18.2. The van der Waals surface area contributed by atoms with Crippen LogP contribution in [0.4, 0.5) is 11.5 Å². The van der Waals surface area contributed by atoms with Crippen LogP contribution in [0.1, 0.15) is 30.4 Å². The highest BCUT2D eigenvalue weighted by Gasteiger charge is 2.20. The Morgan fingerprint density at radius 1 is 0.935 bits per heavy atom. The first-order valence-corrected chi connectivity index (χ1v) is 11.8. The Morgan fingerprint density at radius 2 is 1.81 bits per heavy atom. The van der Waals surface area contributed by atoms with Gasteiger partial charge >= 0.3 is 0 Å². The number of hydrogen-bond acceptors (Lipinski definition) is 5. The largest absolute Gasteiger partial charge is 0.396 e. The van der Waals surface area contributed by atoms with Crippen molar-refractivity contribution < 1.29 is 0 Å². The highest BCUT2D eigenvalue weighted by Crippen LogP contribution is 2.40. The predicted octanol–water partition coefficient (Wildman–Crippen LogP) is 6.14. The number of thiophene rings is 1. The van der Waals surface area contributed by atoms with Crippen LogP contribution in [0.15, 0.2) is 59.6 Å². The van der Waals surface area contributed by atoms with E-state index in [9.17, 15) is 0 Å². The summed E-state index contributed by atoms with van der Waals surface area (Å²) in [6.07, 6.45) is 5.70. The molecule has 4 aromatic rings. The molecule has 0 aliphatic carbocycles. The van der Waals surface area contributed by atoms with Gasteiger partial charge in [-0.15, -0.1) is 11.3 Å². The SMILES string of the molecule is Nc1ccc(-c2cc3c(c(-c4cc5ccccc5s4)c2)CN=C3)nc1N1CCCCC1. The number of aliphatic imine (C=N–C) groups is 1. The molecule has 154 valence electrons. The van der Waals surface area contributed by atoms with Crippen LogP contribution in [0.2, 0.25) is 0 Å². The molecule has 4 nitrogen and oxygen atoms in total. The van der Waals surface area contributed by atoms with Crippen molar-refractivity contribution in [1.82, 2.24) is 4.98 Å². The number of hydrogen-bond donors (Lipinski definition) is 1. The molecule has 5 heteroatoms. The van der Waals surface area contributed by atoms with E-state index in [0.29, 0.717) is 0 Å². The summed E-state index contributed by atoms with van der Waals surface area (Å²) in [4.78, 5) is 13.2. The summed E-state index contributed by atoms with van der Waals surface area (Å²) in [5.74, 6) is 0.926. The normalized spacial score (nSPS) is 15.5. The van der Waals surface area contributed by atoms with Gasteiger partial charge in [0.05, 0.1) is 17.9 Å². The standard InChI is InChI=1S/C26H24N4S/c27-22-8-9-23(29-26(22)30-10-4-1-5-11-30)18-12-19-15-28-16-21(19)20(13-18)25-14-17-6-2-3-7-24(17)31-25/h2-3,6-9,12-15H,1,4-5,10-11,16,27H2. The summed E-state index contributed by atoms with van der Waals surface area (Å²) < 4.78 is 1.31. The summed E-state index contributed by atoms with van der Waals surface area (Å²) in [6, 6.07) is 19.4. The summed E-state index contributed by atoms with van der Waals surface area (Å²) in [7, 11) is 0. The first-order chi connectivity index (χ1) is 15.3. The Balaban J connectivity index is 1.47. The number of pyridine rings is 1. The van der Waals surface area contributed by atoms with Gasteiger partial charge in [-0.1, -0.05) is 18.2 Å². The number of aromatic nitrogens is 1. The molecule has 2 N–H and O–H groups in total. The second kappa shape index (κ2) is 7.50. The molecule has 0 unspecified atom stereocenters. The third-order valence-electron chi connectivity index (χ3n) is 6.31. The first-order valence-electron chi connectivity index (χ1n) is 10.9. The molecule has 0 saturated carbocycles. The molecule has 0 spiro atoms. The topological polar surface area (TPSA) is 54.5 Å². The maximum absolute atomic E-state index is 6.33. The second-order valence-corrected chi connectivity index (χ2v) is 9.45. The number of fused-ring (bicyclic) bond motifs is 2. The number of benzene rings is 2. The predicted molar refractivity (Wildman–Crippen MR) is 132 cm³/mol. The van der Waals surface area contributed by atoms with Crippen LogP contribution in [0.25, 0.3) is 31.8 Å². The maximum atomic E-state index is 6.33. The first kappa shape index (κ1) is 18.6. The van der Waals surface area contributed by atoms with Crippen LogP contribution in [0, 0.1) is 0 Å². The fraction of sp³-hybridized carbons (Fsp3) is 0.231. The molecule has 6 rings (SSSR count). The van der Waals surface area contributed by atoms with E-state index in [0.717, 1.165) is 42.4 Å².